The van der Waals surface area contributed by atoms with Crippen molar-refractivity contribution in [1.82, 2.24) is 0 Å². The first kappa shape index (κ1) is 12.9. The second-order valence-corrected chi connectivity index (χ2v) is 4.85. The quantitative estimate of drug-likeness (QED) is 0.769. The molecule has 1 aliphatic carbocycles. The molecular weight excluding hydrogens is 228 g/mol. The third-order valence-corrected chi connectivity index (χ3v) is 3.60. The van der Waals surface area contributed by atoms with E-state index in [4.69, 9.17) is 9.47 Å². The fourth-order valence-electron chi connectivity index (χ4n) is 2.85. The number of methoxy groups -OCH3 is 1. The molecule has 1 aromatic carbocycles. The van der Waals surface area contributed by atoms with Crippen molar-refractivity contribution in [3.8, 4) is 5.75 Å². The van der Waals surface area contributed by atoms with Gasteiger partial charge in [-0.25, -0.2) is 0 Å². The summed E-state index contributed by atoms with van der Waals surface area (Å²) in [5.74, 6) is 0.587. The van der Waals surface area contributed by atoms with Gasteiger partial charge in [-0.05, 0) is 31.7 Å². The number of hydrogen-bond donors (Lipinski definition) is 0. The van der Waals surface area contributed by atoms with Gasteiger partial charge in [0, 0.05) is 12.5 Å². The molecule has 0 aliphatic heterocycles. The summed E-state index contributed by atoms with van der Waals surface area (Å²) in [6, 6.07) is 7.84. The minimum Gasteiger partial charge on any atom is -0.496 e. The molecule has 0 heterocycles. The van der Waals surface area contributed by atoms with E-state index in [0.717, 1.165) is 37.0 Å². The Morgan fingerprint density at radius 1 is 1.17 bits per heavy atom. The number of rotatable bonds is 3. The second-order valence-electron chi connectivity index (χ2n) is 4.85. The van der Waals surface area contributed by atoms with E-state index in [1.807, 2.05) is 24.3 Å². The van der Waals surface area contributed by atoms with E-state index in [0.29, 0.717) is 0 Å². The van der Waals surface area contributed by atoms with Crippen molar-refractivity contribution in [3.05, 3.63) is 29.8 Å². The van der Waals surface area contributed by atoms with E-state index in [1.54, 1.807) is 7.11 Å². The molecule has 0 atom stereocenters. The van der Waals surface area contributed by atoms with Crippen LogP contribution in [0.4, 0.5) is 0 Å². The van der Waals surface area contributed by atoms with Crippen molar-refractivity contribution in [2.75, 3.05) is 7.11 Å². The first-order chi connectivity index (χ1) is 8.68. The maximum atomic E-state index is 11.4. The molecule has 0 amide bonds. The summed E-state index contributed by atoms with van der Waals surface area (Å²) in [7, 11) is 1.66. The Labute approximate surface area is 108 Å². The number of benzene rings is 1. The lowest BCUT2D eigenvalue weighted by Gasteiger charge is -2.37. The van der Waals surface area contributed by atoms with E-state index in [2.05, 4.69) is 0 Å². The molecule has 0 spiro atoms. The molecule has 0 unspecified atom stereocenters. The molecule has 0 saturated heterocycles. The topological polar surface area (TPSA) is 35.5 Å². The highest BCUT2D eigenvalue weighted by atomic mass is 16.6. The van der Waals surface area contributed by atoms with E-state index in [-0.39, 0.29) is 5.97 Å². The Morgan fingerprint density at radius 3 is 2.44 bits per heavy atom. The highest BCUT2D eigenvalue weighted by Gasteiger charge is 2.39. The maximum absolute atomic E-state index is 11.4. The van der Waals surface area contributed by atoms with Crippen molar-refractivity contribution in [2.45, 2.75) is 44.6 Å². The zero-order valence-corrected chi connectivity index (χ0v) is 11.1. The van der Waals surface area contributed by atoms with Crippen LogP contribution < -0.4 is 4.74 Å². The molecule has 1 aliphatic rings. The lowest BCUT2D eigenvalue weighted by atomic mass is 9.79. The summed E-state index contributed by atoms with van der Waals surface area (Å²) in [4.78, 5) is 11.4. The molecule has 2 rings (SSSR count). The highest BCUT2D eigenvalue weighted by molar-refractivity contribution is 5.67. The average Bonchev–Trinajstić information content (AvgIpc) is 2.39. The van der Waals surface area contributed by atoms with E-state index in [1.165, 1.54) is 13.3 Å². The van der Waals surface area contributed by atoms with Crippen LogP contribution in [-0.4, -0.2) is 13.1 Å². The molecule has 0 N–H and O–H groups in total. The minimum absolute atomic E-state index is 0.220. The SMILES string of the molecule is COc1ccccc1C1(OC(C)=O)CCCCC1. The molecule has 18 heavy (non-hydrogen) atoms. The number of esters is 1. The van der Waals surface area contributed by atoms with Gasteiger partial charge in [-0.2, -0.15) is 0 Å². The van der Waals surface area contributed by atoms with Crippen molar-refractivity contribution in [1.29, 1.82) is 0 Å². The van der Waals surface area contributed by atoms with Gasteiger partial charge in [-0.3, -0.25) is 4.79 Å². The van der Waals surface area contributed by atoms with Gasteiger partial charge < -0.3 is 9.47 Å². The van der Waals surface area contributed by atoms with E-state index in [9.17, 15) is 4.79 Å². The van der Waals surface area contributed by atoms with E-state index >= 15 is 0 Å². The molecule has 0 bridgehead atoms. The summed E-state index contributed by atoms with van der Waals surface area (Å²) in [6.07, 6.45) is 5.15. The standard InChI is InChI=1S/C15H20O3/c1-12(16)18-15(10-6-3-7-11-15)13-8-4-5-9-14(13)17-2/h4-5,8-9H,3,6-7,10-11H2,1-2H3. The van der Waals surface area contributed by atoms with Crippen molar-refractivity contribution in [2.24, 2.45) is 0 Å². The Bertz CT molecular complexity index is 420. The van der Waals surface area contributed by atoms with Gasteiger partial charge in [0.1, 0.15) is 11.4 Å². The highest BCUT2D eigenvalue weighted by Crippen LogP contribution is 2.44. The first-order valence-corrected chi connectivity index (χ1v) is 6.51. The summed E-state index contributed by atoms with van der Waals surface area (Å²) in [6.45, 7) is 1.48. The monoisotopic (exact) mass is 248 g/mol. The van der Waals surface area contributed by atoms with Gasteiger partial charge in [0.05, 0.1) is 7.11 Å². The normalized spacial score (nSPS) is 18.1. The fourth-order valence-corrected chi connectivity index (χ4v) is 2.85. The summed E-state index contributed by atoms with van der Waals surface area (Å²) in [5.41, 5.74) is 0.513. The maximum Gasteiger partial charge on any atom is 0.303 e. The van der Waals surface area contributed by atoms with Gasteiger partial charge in [-0.1, -0.05) is 24.6 Å². The average molecular weight is 248 g/mol. The zero-order valence-electron chi connectivity index (χ0n) is 11.1. The molecule has 0 aromatic heterocycles. The molecule has 1 aromatic rings. The lowest BCUT2D eigenvalue weighted by molar-refractivity contribution is -0.162. The van der Waals surface area contributed by atoms with Crippen LogP contribution in [0.2, 0.25) is 0 Å². The predicted octanol–water partition coefficient (Wildman–Crippen LogP) is 3.42. The first-order valence-electron chi connectivity index (χ1n) is 6.51. The molecular formula is C15H20O3. The second kappa shape index (κ2) is 5.42. The number of carbonyl (C=O) groups excluding carboxylic acids is 1. The third kappa shape index (κ3) is 2.50. The Morgan fingerprint density at radius 2 is 1.83 bits per heavy atom. The molecule has 1 saturated carbocycles. The van der Waals surface area contributed by atoms with Crippen molar-refractivity contribution in [3.63, 3.8) is 0 Å². The van der Waals surface area contributed by atoms with Crippen molar-refractivity contribution < 1.29 is 14.3 Å². The van der Waals surface area contributed by atoms with Crippen LogP contribution in [0.15, 0.2) is 24.3 Å². The summed E-state index contributed by atoms with van der Waals surface area (Å²) < 4.78 is 11.1. The van der Waals surface area contributed by atoms with Crippen LogP contribution in [0.3, 0.4) is 0 Å². The molecule has 98 valence electrons. The number of carbonyl (C=O) groups is 1. The number of ether oxygens (including phenoxy) is 2. The van der Waals surface area contributed by atoms with Gasteiger partial charge in [0.25, 0.3) is 0 Å². The van der Waals surface area contributed by atoms with Crippen molar-refractivity contribution >= 4 is 5.97 Å². The predicted molar refractivity (Wildman–Crippen MR) is 69.5 cm³/mol. The fraction of sp³-hybridized carbons (Fsp3) is 0.533. The Balaban J connectivity index is 2.41. The summed E-state index contributed by atoms with van der Waals surface area (Å²) >= 11 is 0. The van der Waals surface area contributed by atoms with Gasteiger partial charge in [0.2, 0.25) is 0 Å². The van der Waals surface area contributed by atoms with E-state index < -0.39 is 5.60 Å². The molecule has 1 fully saturated rings. The van der Waals surface area contributed by atoms with Gasteiger partial charge >= 0.3 is 5.97 Å². The number of para-hydroxylation sites is 1. The van der Waals surface area contributed by atoms with Gasteiger partial charge in [-0.15, -0.1) is 0 Å². The molecule has 3 nitrogen and oxygen atoms in total. The van der Waals surface area contributed by atoms with Crippen LogP contribution in [0, 0.1) is 0 Å². The number of hydrogen-bond acceptors (Lipinski definition) is 3. The summed E-state index contributed by atoms with van der Waals surface area (Å²) in [5, 5.41) is 0. The Kier molecular flexibility index (Phi) is 3.90. The lowest BCUT2D eigenvalue weighted by Crippen LogP contribution is -2.34. The van der Waals surface area contributed by atoms with Gasteiger partial charge in [0.15, 0.2) is 0 Å². The van der Waals surface area contributed by atoms with Crippen LogP contribution >= 0.6 is 0 Å². The third-order valence-electron chi connectivity index (χ3n) is 3.60. The smallest absolute Gasteiger partial charge is 0.303 e. The minimum atomic E-state index is -0.489. The van der Waals surface area contributed by atoms with Crippen LogP contribution in [-0.2, 0) is 15.1 Å². The van der Waals surface area contributed by atoms with Crippen LogP contribution in [0.5, 0.6) is 5.75 Å². The van der Waals surface area contributed by atoms with Crippen LogP contribution in [0.1, 0.15) is 44.6 Å². The Hall–Kier alpha value is -1.51. The molecule has 0 radical (unpaired) electrons. The largest absolute Gasteiger partial charge is 0.496 e. The zero-order chi connectivity index (χ0) is 13.0. The van der Waals surface area contributed by atoms with Crippen LogP contribution in [0.25, 0.3) is 0 Å². The molecule has 3 heteroatoms.